The van der Waals surface area contributed by atoms with Gasteiger partial charge in [-0.15, -0.1) is 0 Å². The number of amides is 1. The Kier molecular flexibility index (Phi) is 6.68. The van der Waals surface area contributed by atoms with Gasteiger partial charge in [0, 0.05) is 12.1 Å². The lowest BCUT2D eigenvalue weighted by Gasteiger charge is -2.22. The van der Waals surface area contributed by atoms with Crippen molar-refractivity contribution in [3.05, 3.63) is 32.5 Å². The lowest BCUT2D eigenvalue weighted by molar-refractivity contribution is -0.386. The molecule has 0 spiro atoms. The highest BCUT2D eigenvalue weighted by atomic mass is 79.9. The fourth-order valence-corrected chi connectivity index (χ4v) is 1.91. The highest BCUT2D eigenvalue weighted by Gasteiger charge is 2.26. The zero-order valence-electron chi connectivity index (χ0n) is 13.5. The number of hydrogen-bond donors (Lipinski definition) is 2. The minimum Gasteiger partial charge on any atom is -0.484 e. The summed E-state index contributed by atoms with van der Waals surface area (Å²) in [5.41, 5.74) is -1.41. The number of halogens is 2. The number of nitrogens with one attached hydrogen (secondary N) is 1. The number of aliphatic carboxylic acids is 1. The van der Waals surface area contributed by atoms with E-state index in [0.29, 0.717) is 0 Å². The number of hydrogen-bond acceptors (Lipinski definition) is 6. The van der Waals surface area contributed by atoms with E-state index in [1.54, 1.807) is 20.8 Å². The van der Waals surface area contributed by atoms with Crippen LogP contribution in [0.3, 0.4) is 0 Å². The van der Waals surface area contributed by atoms with Gasteiger partial charge >= 0.3 is 17.7 Å². The third kappa shape index (κ3) is 6.53. The molecule has 0 aliphatic carbocycles. The molecule has 0 unspecified atom stereocenters. The third-order valence-electron chi connectivity index (χ3n) is 2.59. The Morgan fingerprint density at radius 3 is 2.52 bits per heavy atom. The summed E-state index contributed by atoms with van der Waals surface area (Å²) in [5.74, 6) is -2.75. The number of carboxylic acid groups (broad SMARTS) is 1. The fourth-order valence-electron chi connectivity index (χ4n) is 1.57. The smallest absolute Gasteiger partial charge is 0.408 e. The molecule has 2 N–H and O–H groups in total. The lowest BCUT2D eigenvalue weighted by atomic mass is 10.2. The molecule has 1 amide bonds. The van der Waals surface area contributed by atoms with Crippen molar-refractivity contribution in [2.24, 2.45) is 0 Å². The van der Waals surface area contributed by atoms with Gasteiger partial charge in [-0.25, -0.2) is 14.0 Å². The van der Waals surface area contributed by atoms with Crippen molar-refractivity contribution in [2.75, 3.05) is 6.61 Å². The quantitative estimate of drug-likeness (QED) is 0.532. The summed E-state index contributed by atoms with van der Waals surface area (Å²) in [7, 11) is 0. The molecular formula is C14H16BrFN2O7. The zero-order chi connectivity index (χ0) is 19.4. The topological polar surface area (TPSA) is 128 Å². The number of nitro benzene ring substituents is 1. The summed E-state index contributed by atoms with van der Waals surface area (Å²) in [6.07, 6.45) is -1.00. The molecular weight excluding hydrogens is 407 g/mol. The van der Waals surface area contributed by atoms with E-state index in [4.69, 9.17) is 14.6 Å². The molecule has 1 atom stereocenters. The summed E-state index contributed by atoms with van der Waals surface area (Å²) >= 11 is 2.81. The summed E-state index contributed by atoms with van der Waals surface area (Å²) in [4.78, 5) is 33.0. The number of rotatable bonds is 6. The number of nitrogens with zero attached hydrogens (tertiary/aromatic N) is 1. The second-order valence-corrected chi connectivity index (χ2v) is 6.69. The van der Waals surface area contributed by atoms with Crippen molar-refractivity contribution in [1.82, 2.24) is 5.32 Å². The zero-order valence-corrected chi connectivity index (χ0v) is 15.1. The molecule has 0 aliphatic rings. The molecule has 0 fully saturated rings. The molecule has 138 valence electrons. The van der Waals surface area contributed by atoms with Crippen LogP contribution < -0.4 is 10.1 Å². The van der Waals surface area contributed by atoms with Gasteiger partial charge in [-0.1, -0.05) is 0 Å². The predicted octanol–water partition coefficient (Wildman–Crippen LogP) is 2.85. The predicted molar refractivity (Wildman–Crippen MR) is 87.0 cm³/mol. The Morgan fingerprint density at radius 2 is 2.04 bits per heavy atom. The summed E-state index contributed by atoms with van der Waals surface area (Å²) < 4.78 is 23.4. The van der Waals surface area contributed by atoms with E-state index < -0.39 is 52.5 Å². The van der Waals surface area contributed by atoms with Gasteiger partial charge in [0.15, 0.2) is 11.8 Å². The maximum Gasteiger partial charge on any atom is 0.408 e. The first-order chi connectivity index (χ1) is 11.4. The van der Waals surface area contributed by atoms with Gasteiger partial charge in [-0.2, -0.15) is 0 Å². The molecule has 0 bridgehead atoms. The molecule has 11 heteroatoms. The van der Waals surface area contributed by atoms with E-state index in [2.05, 4.69) is 21.2 Å². The second-order valence-electron chi connectivity index (χ2n) is 5.84. The van der Waals surface area contributed by atoms with Gasteiger partial charge in [-0.3, -0.25) is 10.1 Å². The van der Waals surface area contributed by atoms with E-state index in [1.807, 2.05) is 0 Å². The van der Waals surface area contributed by atoms with Gasteiger partial charge in [-0.05, 0) is 36.7 Å². The van der Waals surface area contributed by atoms with Crippen LogP contribution in [0.1, 0.15) is 20.8 Å². The van der Waals surface area contributed by atoms with Crippen LogP contribution in [0.4, 0.5) is 14.9 Å². The van der Waals surface area contributed by atoms with Crippen molar-refractivity contribution >= 4 is 33.7 Å². The van der Waals surface area contributed by atoms with Gasteiger partial charge in [0.1, 0.15) is 18.0 Å². The number of carboxylic acids is 1. The van der Waals surface area contributed by atoms with Gasteiger partial charge < -0.3 is 19.9 Å². The first kappa shape index (κ1) is 20.6. The Labute approximate surface area is 150 Å². The summed E-state index contributed by atoms with van der Waals surface area (Å²) in [6, 6.07) is 0.0808. The van der Waals surface area contributed by atoms with Crippen LogP contribution in [-0.2, 0) is 9.53 Å². The summed E-state index contributed by atoms with van der Waals surface area (Å²) in [6.45, 7) is 4.10. The second kappa shape index (κ2) is 8.10. The monoisotopic (exact) mass is 422 g/mol. The van der Waals surface area contributed by atoms with Crippen LogP contribution in [0.25, 0.3) is 0 Å². The van der Waals surface area contributed by atoms with Crippen molar-refractivity contribution in [2.45, 2.75) is 32.4 Å². The van der Waals surface area contributed by atoms with Crippen molar-refractivity contribution in [3.63, 3.8) is 0 Å². The van der Waals surface area contributed by atoms with Crippen molar-refractivity contribution in [1.29, 1.82) is 0 Å². The van der Waals surface area contributed by atoms with Crippen LogP contribution >= 0.6 is 15.9 Å². The van der Waals surface area contributed by atoms with E-state index in [-0.39, 0.29) is 4.47 Å². The maximum atomic E-state index is 13.5. The Bertz CT molecular complexity index is 690. The van der Waals surface area contributed by atoms with Crippen molar-refractivity contribution < 1.29 is 33.5 Å². The molecule has 0 heterocycles. The van der Waals surface area contributed by atoms with Crippen LogP contribution in [0.2, 0.25) is 0 Å². The molecule has 0 aliphatic heterocycles. The van der Waals surface area contributed by atoms with E-state index in [9.17, 15) is 24.1 Å². The molecule has 0 aromatic heterocycles. The molecule has 25 heavy (non-hydrogen) atoms. The minimum atomic E-state index is -1.55. The molecule has 0 saturated heterocycles. The highest BCUT2D eigenvalue weighted by Crippen LogP contribution is 2.32. The highest BCUT2D eigenvalue weighted by molar-refractivity contribution is 9.10. The average Bonchev–Trinajstić information content (AvgIpc) is 2.43. The van der Waals surface area contributed by atoms with E-state index >= 15 is 0 Å². The van der Waals surface area contributed by atoms with Crippen molar-refractivity contribution in [3.8, 4) is 5.75 Å². The average molecular weight is 423 g/mol. The Balaban J connectivity index is 2.88. The number of alkyl carbamates (subject to hydrolysis) is 1. The molecule has 9 nitrogen and oxygen atoms in total. The first-order valence-electron chi connectivity index (χ1n) is 6.89. The molecule has 0 radical (unpaired) electrons. The standard InChI is InChI=1S/C14H16BrFN2O7/c1-14(2,3)25-13(21)17-9(12(19)20)6-24-11-5-8(16)7(15)4-10(11)18(22)23/h4-5,9H,6H2,1-3H3,(H,17,21)(H,19,20)/t9-/m0/s1. The van der Waals surface area contributed by atoms with Gasteiger partial charge in [0.05, 0.1) is 9.40 Å². The van der Waals surface area contributed by atoms with E-state index in [0.717, 1.165) is 12.1 Å². The van der Waals surface area contributed by atoms with Crippen LogP contribution in [0, 0.1) is 15.9 Å². The molecule has 1 aromatic carbocycles. The molecule has 1 aromatic rings. The normalized spacial score (nSPS) is 12.2. The van der Waals surface area contributed by atoms with Crippen LogP contribution in [0.15, 0.2) is 16.6 Å². The first-order valence-corrected chi connectivity index (χ1v) is 7.68. The maximum absolute atomic E-state index is 13.5. The lowest BCUT2D eigenvalue weighted by Crippen LogP contribution is -2.46. The number of nitro groups is 1. The van der Waals surface area contributed by atoms with Gasteiger partial charge in [0.25, 0.3) is 0 Å². The summed E-state index contributed by atoms with van der Waals surface area (Å²) in [5, 5.41) is 22.1. The number of carbonyl (C=O) groups excluding carboxylic acids is 1. The molecule has 1 rings (SSSR count). The molecule has 0 saturated carbocycles. The van der Waals surface area contributed by atoms with E-state index in [1.165, 1.54) is 0 Å². The van der Waals surface area contributed by atoms with Crippen LogP contribution in [-0.4, -0.2) is 40.3 Å². The largest absolute Gasteiger partial charge is 0.484 e. The fraction of sp³-hybridized carbons (Fsp3) is 0.429. The minimum absolute atomic E-state index is 0.145. The number of carbonyl (C=O) groups is 2. The SMILES string of the molecule is CC(C)(C)OC(=O)N[C@@H](COc1cc(F)c(Br)cc1[N+](=O)[O-])C(=O)O. The number of ether oxygens (including phenoxy) is 2. The third-order valence-corrected chi connectivity index (χ3v) is 3.20. The van der Waals surface area contributed by atoms with Gasteiger partial charge in [0.2, 0.25) is 0 Å². The Hall–Kier alpha value is -2.43. The van der Waals surface area contributed by atoms with Crippen LogP contribution in [0.5, 0.6) is 5.75 Å². The number of benzene rings is 1. The Morgan fingerprint density at radius 1 is 1.44 bits per heavy atom.